The molecule has 2 aromatic carbocycles. The van der Waals surface area contributed by atoms with Crippen LogP contribution in [0.3, 0.4) is 0 Å². The average molecular weight is 481 g/mol. The molecule has 1 aromatic heterocycles. The van der Waals surface area contributed by atoms with Crippen LogP contribution in [0.25, 0.3) is 0 Å². The van der Waals surface area contributed by atoms with Crippen molar-refractivity contribution in [3.8, 4) is 5.75 Å². The molecular formula is C27H33FN4O3. The lowest BCUT2D eigenvalue weighted by molar-refractivity contribution is 0.0940. The minimum Gasteiger partial charge on any atom is -0.489 e. The maximum Gasteiger partial charge on any atom is 0.251 e. The van der Waals surface area contributed by atoms with Crippen LogP contribution in [0.4, 0.5) is 10.1 Å². The number of anilines is 1. The van der Waals surface area contributed by atoms with Gasteiger partial charge in [0, 0.05) is 43.0 Å². The fourth-order valence-corrected chi connectivity index (χ4v) is 4.39. The van der Waals surface area contributed by atoms with Crippen LogP contribution in [0, 0.1) is 19.7 Å². The Balaban J connectivity index is 1.40. The molecule has 1 N–H and O–H groups in total. The number of aryl methyl sites for hydroxylation is 2. The number of carbonyl (C=O) groups is 1. The Kier molecular flexibility index (Phi) is 7.70. The maximum atomic E-state index is 14.2. The number of hydrogen-bond acceptors (Lipinski definition) is 6. The monoisotopic (exact) mass is 480 g/mol. The average Bonchev–Trinajstić information content (AvgIpc) is 3.19. The molecule has 186 valence electrons. The van der Waals surface area contributed by atoms with Crippen molar-refractivity contribution in [2.75, 3.05) is 37.6 Å². The summed E-state index contributed by atoms with van der Waals surface area (Å²) in [5.74, 6) is 0.849. The molecule has 0 saturated carbocycles. The van der Waals surface area contributed by atoms with E-state index in [-0.39, 0.29) is 17.8 Å². The Morgan fingerprint density at radius 3 is 2.49 bits per heavy atom. The molecule has 4 rings (SSSR count). The van der Waals surface area contributed by atoms with Crippen molar-refractivity contribution in [3.63, 3.8) is 0 Å². The van der Waals surface area contributed by atoms with Crippen LogP contribution < -0.4 is 15.0 Å². The van der Waals surface area contributed by atoms with Gasteiger partial charge in [-0.15, -0.1) is 0 Å². The van der Waals surface area contributed by atoms with Gasteiger partial charge in [0.1, 0.15) is 23.9 Å². The van der Waals surface area contributed by atoms with Crippen LogP contribution in [-0.2, 0) is 6.61 Å². The van der Waals surface area contributed by atoms with Crippen LogP contribution >= 0.6 is 0 Å². The molecule has 8 heteroatoms. The molecule has 1 amide bonds. The topological polar surface area (TPSA) is 70.8 Å². The SMILES string of the molecule is CCN1CCN(c2ccc(F)cc2[C@@H](C)NC(=O)c2ccc(OCc3c(C)noc3C)cc2)CC1. The summed E-state index contributed by atoms with van der Waals surface area (Å²) < 4.78 is 25.1. The molecule has 0 spiro atoms. The molecule has 1 aliphatic heterocycles. The maximum absolute atomic E-state index is 14.2. The van der Waals surface area contributed by atoms with Gasteiger partial charge in [-0.3, -0.25) is 4.79 Å². The quantitative estimate of drug-likeness (QED) is 0.506. The van der Waals surface area contributed by atoms with Crippen molar-refractivity contribution in [2.24, 2.45) is 0 Å². The Labute approximate surface area is 205 Å². The van der Waals surface area contributed by atoms with E-state index in [4.69, 9.17) is 9.26 Å². The van der Waals surface area contributed by atoms with Crippen molar-refractivity contribution < 1.29 is 18.4 Å². The summed E-state index contributed by atoms with van der Waals surface area (Å²) in [6.07, 6.45) is 0. The predicted molar refractivity (Wildman–Crippen MR) is 133 cm³/mol. The number of rotatable bonds is 8. The van der Waals surface area contributed by atoms with E-state index in [2.05, 4.69) is 27.2 Å². The molecule has 1 aliphatic rings. The first-order chi connectivity index (χ1) is 16.9. The molecule has 0 unspecified atom stereocenters. The Morgan fingerprint density at radius 1 is 1.14 bits per heavy atom. The predicted octanol–water partition coefficient (Wildman–Crippen LogP) is 4.64. The molecule has 7 nitrogen and oxygen atoms in total. The number of aromatic nitrogens is 1. The smallest absolute Gasteiger partial charge is 0.251 e. The van der Waals surface area contributed by atoms with Crippen LogP contribution in [0.1, 0.15) is 52.8 Å². The number of likely N-dealkylation sites (N-methyl/N-ethyl adjacent to an activating group) is 1. The first-order valence-corrected chi connectivity index (χ1v) is 12.1. The lowest BCUT2D eigenvalue weighted by Gasteiger charge is -2.37. The largest absolute Gasteiger partial charge is 0.489 e. The lowest BCUT2D eigenvalue weighted by Crippen LogP contribution is -2.46. The molecule has 0 bridgehead atoms. The molecule has 0 aliphatic carbocycles. The number of ether oxygens (including phenoxy) is 1. The summed E-state index contributed by atoms with van der Waals surface area (Å²) in [5.41, 5.74) is 3.98. The van der Waals surface area contributed by atoms with Gasteiger partial charge in [0.25, 0.3) is 5.91 Å². The van der Waals surface area contributed by atoms with Crippen molar-refractivity contribution in [1.82, 2.24) is 15.4 Å². The zero-order valence-electron chi connectivity index (χ0n) is 20.8. The molecule has 1 saturated heterocycles. The molecule has 3 aromatic rings. The highest BCUT2D eigenvalue weighted by molar-refractivity contribution is 5.94. The molecule has 1 fully saturated rings. The van der Waals surface area contributed by atoms with Crippen molar-refractivity contribution in [1.29, 1.82) is 0 Å². The number of hydrogen-bond donors (Lipinski definition) is 1. The van der Waals surface area contributed by atoms with E-state index in [1.54, 1.807) is 24.3 Å². The summed E-state index contributed by atoms with van der Waals surface area (Å²) >= 11 is 0. The number of carbonyl (C=O) groups excluding carboxylic acids is 1. The van der Waals surface area contributed by atoms with Crippen LogP contribution in [0.2, 0.25) is 0 Å². The van der Waals surface area contributed by atoms with Gasteiger partial charge in [0.15, 0.2) is 0 Å². The van der Waals surface area contributed by atoms with Crippen LogP contribution in [-0.4, -0.2) is 48.7 Å². The van der Waals surface area contributed by atoms with E-state index in [0.29, 0.717) is 17.9 Å². The zero-order valence-corrected chi connectivity index (χ0v) is 20.8. The fourth-order valence-electron chi connectivity index (χ4n) is 4.39. The highest BCUT2D eigenvalue weighted by Crippen LogP contribution is 2.29. The van der Waals surface area contributed by atoms with Gasteiger partial charge in [-0.05, 0) is 69.8 Å². The van der Waals surface area contributed by atoms with Gasteiger partial charge >= 0.3 is 0 Å². The number of nitrogens with one attached hydrogen (secondary N) is 1. The third kappa shape index (κ3) is 5.82. The van der Waals surface area contributed by atoms with E-state index in [1.165, 1.54) is 12.1 Å². The Bertz CT molecular complexity index is 1130. The van der Waals surface area contributed by atoms with Gasteiger partial charge < -0.3 is 24.4 Å². The summed E-state index contributed by atoms with van der Waals surface area (Å²) in [5, 5.41) is 6.95. The second-order valence-electron chi connectivity index (χ2n) is 8.94. The first-order valence-electron chi connectivity index (χ1n) is 12.1. The molecule has 2 heterocycles. The third-order valence-electron chi connectivity index (χ3n) is 6.64. The van der Waals surface area contributed by atoms with Crippen molar-refractivity contribution in [2.45, 2.75) is 40.3 Å². The number of nitrogens with zero attached hydrogens (tertiary/aromatic N) is 3. The van der Waals surface area contributed by atoms with Gasteiger partial charge in [-0.25, -0.2) is 4.39 Å². The third-order valence-corrected chi connectivity index (χ3v) is 6.64. The minimum absolute atomic E-state index is 0.221. The standard InChI is InChI=1S/C27H33FN4O3/c1-5-31-12-14-32(15-13-31)26-11-8-22(28)16-24(26)18(2)29-27(33)21-6-9-23(10-7-21)34-17-25-19(3)30-35-20(25)4/h6-11,16,18H,5,12-15,17H2,1-4H3,(H,29,33)/t18-/m1/s1. The van der Waals surface area contributed by atoms with E-state index in [9.17, 15) is 9.18 Å². The lowest BCUT2D eigenvalue weighted by atomic mass is 10.0. The van der Waals surface area contributed by atoms with Gasteiger partial charge in [0.05, 0.1) is 17.3 Å². The number of benzene rings is 2. The van der Waals surface area contributed by atoms with E-state index < -0.39 is 0 Å². The second kappa shape index (κ2) is 10.9. The van der Waals surface area contributed by atoms with E-state index >= 15 is 0 Å². The van der Waals surface area contributed by atoms with Crippen LogP contribution in [0.15, 0.2) is 47.0 Å². The van der Waals surface area contributed by atoms with E-state index in [0.717, 1.165) is 61.0 Å². The number of halogens is 1. The van der Waals surface area contributed by atoms with Crippen molar-refractivity contribution >= 4 is 11.6 Å². The summed E-state index contributed by atoms with van der Waals surface area (Å²) in [6.45, 7) is 12.8. The molecular weight excluding hydrogens is 447 g/mol. The number of piperazine rings is 1. The van der Waals surface area contributed by atoms with Gasteiger partial charge in [-0.1, -0.05) is 12.1 Å². The molecule has 35 heavy (non-hydrogen) atoms. The zero-order chi connectivity index (χ0) is 24.9. The highest BCUT2D eigenvalue weighted by atomic mass is 19.1. The first kappa shape index (κ1) is 24.7. The summed E-state index contributed by atoms with van der Waals surface area (Å²) in [4.78, 5) is 17.6. The molecule has 0 radical (unpaired) electrons. The fraction of sp³-hybridized carbons (Fsp3) is 0.407. The highest BCUT2D eigenvalue weighted by Gasteiger charge is 2.22. The number of amides is 1. The summed E-state index contributed by atoms with van der Waals surface area (Å²) in [6, 6.07) is 11.5. The summed E-state index contributed by atoms with van der Waals surface area (Å²) in [7, 11) is 0. The van der Waals surface area contributed by atoms with Crippen molar-refractivity contribution in [3.05, 3.63) is 76.4 Å². The van der Waals surface area contributed by atoms with Gasteiger partial charge in [0.2, 0.25) is 0 Å². The Hall–Kier alpha value is -3.39. The van der Waals surface area contributed by atoms with Gasteiger partial charge in [-0.2, -0.15) is 0 Å². The normalized spacial score (nSPS) is 15.2. The second-order valence-corrected chi connectivity index (χ2v) is 8.94. The minimum atomic E-state index is -0.354. The van der Waals surface area contributed by atoms with Crippen LogP contribution in [0.5, 0.6) is 5.75 Å². The molecule has 1 atom stereocenters. The Morgan fingerprint density at radius 2 is 1.86 bits per heavy atom. The van der Waals surface area contributed by atoms with E-state index in [1.807, 2.05) is 26.8 Å².